The first-order chi connectivity index (χ1) is 13.8. The second kappa shape index (κ2) is 8.42. The fourth-order valence-electron chi connectivity index (χ4n) is 2.53. The van der Waals surface area contributed by atoms with Crippen molar-refractivity contribution in [1.29, 1.82) is 0 Å². The van der Waals surface area contributed by atoms with Crippen LogP contribution in [-0.2, 0) is 16.2 Å². The molecular formula is C20H14ClN2O5S-. The Balaban J connectivity index is 1.73. The Bertz CT molecular complexity index is 1050. The molecule has 2 aromatic carbocycles. The Kier molecular flexibility index (Phi) is 5.95. The third kappa shape index (κ3) is 4.61. The van der Waals surface area contributed by atoms with Crippen LogP contribution < -0.4 is 15.2 Å². The van der Waals surface area contributed by atoms with Gasteiger partial charge in [-0.2, -0.15) is 0 Å². The Morgan fingerprint density at radius 2 is 1.93 bits per heavy atom. The van der Waals surface area contributed by atoms with Crippen LogP contribution in [0.15, 0.2) is 48.0 Å². The van der Waals surface area contributed by atoms with Gasteiger partial charge >= 0.3 is 0 Å². The molecule has 0 unspecified atom stereocenters. The summed E-state index contributed by atoms with van der Waals surface area (Å²) in [7, 11) is 1.47. The van der Waals surface area contributed by atoms with Crippen molar-refractivity contribution in [2.75, 3.05) is 7.05 Å². The van der Waals surface area contributed by atoms with E-state index in [-0.39, 0.29) is 22.9 Å². The van der Waals surface area contributed by atoms with Crippen molar-refractivity contribution < 1.29 is 24.2 Å². The highest BCUT2D eigenvalue weighted by atomic mass is 35.5. The van der Waals surface area contributed by atoms with Gasteiger partial charge in [0, 0.05) is 7.05 Å². The van der Waals surface area contributed by atoms with Crippen LogP contribution in [-0.4, -0.2) is 34.8 Å². The van der Waals surface area contributed by atoms with Gasteiger partial charge in [0.05, 0.1) is 11.0 Å². The zero-order valence-electron chi connectivity index (χ0n) is 15.1. The molecule has 1 fully saturated rings. The monoisotopic (exact) mass is 429 g/mol. The Morgan fingerprint density at radius 3 is 2.55 bits per heavy atom. The van der Waals surface area contributed by atoms with E-state index in [4.69, 9.17) is 28.6 Å². The van der Waals surface area contributed by atoms with Crippen LogP contribution in [0.3, 0.4) is 0 Å². The summed E-state index contributed by atoms with van der Waals surface area (Å²) in [5, 5.41) is 13.5. The summed E-state index contributed by atoms with van der Waals surface area (Å²) >= 11 is 11.2. The number of thiocarbonyl (C=S) groups is 1. The van der Waals surface area contributed by atoms with Gasteiger partial charge < -0.3 is 14.6 Å². The third-order valence-corrected chi connectivity index (χ3v) is 4.83. The topological polar surface area (TPSA) is 98.8 Å². The molecule has 2 aromatic rings. The molecule has 0 aromatic heterocycles. The Hall–Kier alpha value is -3.23. The van der Waals surface area contributed by atoms with Gasteiger partial charge in [-0.1, -0.05) is 41.9 Å². The van der Waals surface area contributed by atoms with Crippen LogP contribution in [0.1, 0.15) is 21.5 Å². The van der Waals surface area contributed by atoms with Gasteiger partial charge in [0.15, 0.2) is 5.11 Å². The molecule has 1 aliphatic rings. The van der Waals surface area contributed by atoms with Gasteiger partial charge in [0.25, 0.3) is 11.8 Å². The minimum absolute atomic E-state index is 0.0478. The van der Waals surface area contributed by atoms with E-state index >= 15 is 0 Å². The third-order valence-electron chi connectivity index (χ3n) is 4.16. The van der Waals surface area contributed by atoms with Crippen molar-refractivity contribution in [2.45, 2.75) is 6.61 Å². The summed E-state index contributed by atoms with van der Waals surface area (Å²) in [6.07, 6.45) is 1.42. The van der Waals surface area contributed by atoms with E-state index in [0.717, 1.165) is 5.56 Å². The number of amides is 2. The highest BCUT2D eigenvalue weighted by molar-refractivity contribution is 7.80. The number of carboxylic acids is 1. The number of likely N-dealkylation sites (N-methyl/N-ethyl adjacent to an activating group) is 1. The molecule has 1 aliphatic heterocycles. The SMILES string of the molecule is CN1C(=O)/C(=C/c2ccc(OCc3ccc(C(=O)[O-])cc3)c(Cl)c2)C(=O)NC1=S. The molecule has 0 aliphatic carbocycles. The van der Waals surface area contributed by atoms with Gasteiger partial charge in [-0.25, -0.2) is 0 Å². The first-order valence-corrected chi connectivity index (χ1v) is 9.12. The number of carboxylic acid groups (broad SMARTS) is 1. The molecular weight excluding hydrogens is 416 g/mol. The molecule has 0 atom stereocenters. The molecule has 7 nitrogen and oxygen atoms in total. The zero-order chi connectivity index (χ0) is 21.1. The predicted molar refractivity (Wildman–Crippen MR) is 108 cm³/mol. The lowest BCUT2D eigenvalue weighted by Crippen LogP contribution is -2.52. The summed E-state index contributed by atoms with van der Waals surface area (Å²) in [4.78, 5) is 36.2. The van der Waals surface area contributed by atoms with E-state index in [1.54, 1.807) is 30.3 Å². The van der Waals surface area contributed by atoms with Crippen LogP contribution in [0.25, 0.3) is 6.08 Å². The normalized spacial score (nSPS) is 15.4. The van der Waals surface area contributed by atoms with E-state index in [1.807, 2.05) is 0 Å². The number of aromatic carboxylic acids is 1. The largest absolute Gasteiger partial charge is 0.545 e. The number of hydrogen-bond acceptors (Lipinski definition) is 6. The maximum atomic E-state index is 12.2. The number of carbonyl (C=O) groups is 3. The lowest BCUT2D eigenvalue weighted by Gasteiger charge is -2.25. The van der Waals surface area contributed by atoms with E-state index < -0.39 is 17.8 Å². The van der Waals surface area contributed by atoms with Gasteiger partial charge in [-0.05, 0) is 47.1 Å². The van der Waals surface area contributed by atoms with Crippen molar-refractivity contribution in [2.24, 2.45) is 0 Å². The smallest absolute Gasteiger partial charge is 0.265 e. The second-order valence-corrected chi connectivity index (χ2v) is 6.94. The summed E-state index contributed by atoms with van der Waals surface area (Å²) in [6.45, 7) is 0.177. The van der Waals surface area contributed by atoms with Gasteiger partial charge in [0.1, 0.15) is 17.9 Å². The Labute approximate surface area is 176 Å². The van der Waals surface area contributed by atoms with Crippen molar-refractivity contribution in [3.63, 3.8) is 0 Å². The highest BCUT2D eigenvalue weighted by Crippen LogP contribution is 2.27. The minimum atomic E-state index is -1.25. The maximum Gasteiger partial charge on any atom is 0.265 e. The maximum absolute atomic E-state index is 12.2. The standard InChI is InChI=1S/C20H15ClN2O5S/c1-23-18(25)14(17(24)22-20(23)29)8-12-4-7-16(15(21)9-12)28-10-11-2-5-13(6-3-11)19(26)27/h2-9H,10H2,1H3,(H,26,27)(H,22,24,29)/p-1/b14-8+. The number of rotatable bonds is 5. The van der Waals surface area contributed by atoms with Crippen molar-refractivity contribution in [1.82, 2.24) is 10.2 Å². The van der Waals surface area contributed by atoms with Crippen molar-refractivity contribution >= 4 is 52.8 Å². The average molecular weight is 430 g/mol. The van der Waals surface area contributed by atoms with Crippen LogP contribution in [0.4, 0.5) is 0 Å². The number of nitrogens with zero attached hydrogens (tertiary/aromatic N) is 1. The number of benzene rings is 2. The highest BCUT2D eigenvalue weighted by Gasteiger charge is 2.30. The fraction of sp³-hybridized carbons (Fsp3) is 0.100. The lowest BCUT2D eigenvalue weighted by molar-refractivity contribution is -0.255. The fourth-order valence-corrected chi connectivity index (χ4v) is 2.95. The number of hydrogen-bond donors (Lipinski definition) is 1. The quantitative estimate of drug-likeness (QED) is 0.440. The molecule has 2 amide bonds. The summed E-state index contributed by atoms with van der Waals surface area (Å²) in [5.41, 5.74) is 1.32. The molecule has 148 valence electrons. The minimum Gasteiger partial charge on any atom is -0.545 e. The lowest BCUT2D eigenvalue weighted by atomic mass is 10.1. The Morgan fingerprint density at radius 1 is 1.24 bits per heavy atom. The van der Waals surface area contributed by atoms with E-state index in [0.29, 0.717) is 16.3 Å². The van der Waals surface area contributed by atoms with E-state index in [9.17, 15) is 19.5 Å². The predicted octanol–water partition coefficient (Wildman–Crippen LogP) is 1.54. The van der Waals surface area contributed by atoms with Crippen LogP contribution in [0.2, 0.25) is 5.02 Å². The molecule has 9 heteroatoms. The average Bonchev–Trinajstić information content (AvgIpc) is 2.69. The van der Waals surface area contributed by atoms with Crippen LogP contribution in [0.5, 0.6) is 5.75 Å². The summed E-state index contributed by atoms with van der Waals surface area (Å²) in [5.74, 6) is -1.93. The van der Waals surface area contributed by atoms with Gasteiger partial charge in [-0.15, -0.1) is 0 Å². The van der Waals surface area contributed by atoms with Crippen molar-refractivity contribution in [3.8, 4) is 5.75 Å². The van der Waals surface area contributed by atoms with Crippen LogP contribution >= 0.6 is 23.8 Å². The first-order valence-electron chi connectivity index (χ1n) is 8.34. The first kappa shape index (κ1) is 20.5. The molecule has 1 heterocycles. The van der Waals surface area contributed by atoms with Crippen LogP contribution in [0, 0.1) is 0 Å². The number of carbonyl (C=O) groups excluding carboxylic acids is 3. The molecule has 0 radical (unpaired) electrons. The second-order valence-electron chi connectivity index (χ2n) is 6.14. The summed E-state index contributed by atoms with van der Waals surface area (Å²) in [6, 6.07) is 10.9. The molecule has 3 rings (SSSR count). The molecule has 0 saturated carbocycles. The number of ether oxygens (including phenoxy) is 1. The van der Waals surface area contributed by atoms with E-state index in [2.05, 4.69) is 5.32 Å². The number of halogens is 1. The molecule has 1 saturated heterocycles. The van der Waals surface area contributed by atoms with Crippen molar-refractivity contribution in [3.05, 3.63) is 69.8 Å². The van der Waals surface area contributed by atoms with E-state index in [1.165, 1.54) is 30.2 Å². The van der Waals surface area contributed by atoms with Gasteiger partial charge in [-0.3, -0.25) is 19.8 Å². The zero-order valence-corrected chi connectivity index (χ0v) is 16.7. The molecule has 1 N–H and O–H groups in total. The molecule has 0 spiro atoms. The van der Waals surface area contributed by atoms with Gasteiger partial charge in [0.2, 0.25) is 0 Å². The number of nitrogens with one attached hydrogen (secondary N) is 1. The molecule has 0 bridgehead atoms. The molecule has 29 heavy (non-hydrogen) atoms. The summed E-state index contributed by atoms with van der Waals surface area (Å²) < 4.78 is 5.65.